The van der Waals surface area contributed by atoms with Crippen molar-refractivity contribution >= 4 is 5.97 Å². The molecule has 13 heavy (non-hydrogen) atoms. The van der Waals surface area contributed by atoms with E-state index in [1.54, 1.807) is 0 Å². The molecule has 0 heterocycles. The van der Waals surface area contributed by atoms with Gasteiger partial charge in [-0.3, -0.25) is 4.79 Å². The van der Waals surface area contributed by atoms with Crippen LogP contribution in [0.2, 0.25) is 0 Å². The van der Waals surface area contributed by atoms with Crippen molar-refractivity contribution < 1.29 is 19.4 Å². The van der Waals surface area contributed by atoms with Crippen molar-refractivity contribution in [2.45, 2.75) is 12.8 Å². The molecule has 0 radical (unpaired) electrons. The first-order valence-corrected chi connectivity index (χ1v) is 3.78. The monoisotopic (exact) mass is 184 g/mol. The summed E-state index contributed by atoms with van der Waals surface area (Å²) < 4.78 is 12.6. The van der Waals surface area contributed by atoms with E-state index in [9.17, 15) is 9.18 Å². The van der Waals surface area contributed by atoms with Gasteiger partial charge in [-0.1, -0.05) is 0 Å². The number of hydrogen-bond acceptors (Lipinski definition) is 2. The normalized spacial score (nSPS) is 9.92. The molecule has 0 atom stereocenters. The highest BCUT2D eigenvalue weighted by molar-refractivity contribution is 5.67. The van der Waals surface area contributed by atoms with Crippen molar-refractivity contribution in [1.29, 1.82) is 0 Å². The molecule has 0 fully saturated rings. The Morgan fingerprint density at radius 3 is 2.62 bits per heavy atom. The average Bonchev–Trinajstić information content (AvgIpc) is 1.99. The topological polar surface area (TPSA) is 57.5 Å². The van der Waals surface area contributed by atoms with Gasteiger partial charge in [0.2, 0.25) is 0 Å². The number of phenolic OH excluding ortho intramolecular Hbond substituents is 1. The highest BCUT2D eigenvalue weighted by Crippen LogP contribution is 2.15. The molecule has 3 nitrogen and oxygen atoms in total. The van der Waals surface area contributed by atoms with Gasteiger partial charge in [0.15, 0.2) is 0 Å². The number of aliphatic carboxylic acids is 1. The van der Waals surface area contributed by atoms with Gasteiger partial charge in [-0.15, -0.1) is 0 Å². The van der Waals surface area contributed by atoms with Crippen LogP contribution in [0.1, 0.15) is 12.0 Å². The number of aromatic hydroxyl groups is 1. The lowest BCUT2D eigenvalue weighted by Crippen LogP contribution is -1.97. The van der Waals surface area contributed by atoms with Crippen molar-refractivity contribution in [3.63, 3.8) is 0 Å². The summed E-state index contributed by atoms with van der Waals surface area (Å²) in [6, 6.07) is 3.54. The van der Waals surface area contributed by atoms with Crippen molar-refractivity contribution in [2.24, 2.45) is 0 Å². The minimum absolute atomic E-state index is 0.0666. The maximum Gasteiger partial charge on any atom is 0.303 e. The van der Waals surface area contributed by atoms with E-state index in [4.69, 9.17) is 10.2 Å². The van der Waals surface area contributed by atoms with Crippen molar-refractivity contribution in [3.8, 4) is 5.75 Å². The average molecular weight is 184 g/mol. The fourth-order valence-electron chi connectivity index (χ4n) is 1.03. The van der Waals surface area contributed by atoms with Crippen LogP contribution < -0.4 is 0 Å². The molecule has 0 saturated heterocycles. The molecular weight excluding hydrogens is 175 g/mol. The summed E-state index contributed by atoms with van der Waals surface area (Å²) in [5.41, 5.74) is 0.486. The molecule has 1 aromatic rings. The first-order valence-electron chi connectivity index (χ1n) is 3.78. The molecule has 0 aromatic heterocycles. The predicted molar refractivity (Wildman–Crippen MR) is 44.0 cm³/mol. The highest BCUT2D eigenvalue weighted by atomic mass is 19.1. The third-order valence-electron chi connectivity index (χ3n) is 1.57. The predicted octanol–water partition coefficient (Wildman–Crippen LogP) is 1.55. The van der Waals surface area contributed by atoms with Gasteiger partial charge in [-0.25, -0.2) is 4.39 Å². The van der Waals surface area contributed by atoms with Gasteiger partial charge in [0.25, 0.3) is 0 Å². The zero-order chi connectivity index (χ0) is 9.84. The lowest BCUT2D eigenvalue weighted by atomic mass is 10.1. The zero-order valence-electron chi connectivity index (χ0n) is 6.83. The number of halogens is 1. The van der Waals surface area contributed by atoms with Crippen LogP contribution in [0.4, 0.5) is 4.39 Å². The molecule has 1 rings (SSSR count). The Hall–Kier alpha value is -1.58. The quantitative estimate of drug-likeness (QED) is 0.749. The van der Waals surface area contributed by atoms with Gasteiger partial charge < -0.3 is 10.2 Å². The highest BCUT2D eigenvalue weighted by Gasteiger charge is 2.02. The molecule has 1 aromatic carbocycles. The van der Waals surface area contributed by atoms with Crippen LogP contribution in [0, 0.1) is 5.82 Å². The Balaban J connectivity index is 2.71. The van der Waals surface area contributed by atoms with Crippen molar-refractivity contribution in [2.75, 3.05) is 0 Å². The number of phenols is 1. The van der Waals surface area contributed by atoms with Crippen LogP contribution in [0.3, 0.4) is 0 Å². The molecule has 0 amide bonds. The van der Waals surface area contributed by atoms with Gasteiger partial charge in [0.1, 0.15) is 11.6 Å². The Labute approximate surface area is 74.4 Å². The Bertz CT molecular complexity index is 302. The fraction of sp³-hybridized carbons (Fsp3) is 0.222. The molecule has 70 valence electrons. The van der Waals surface area contributed by atoms with E-state index in [0.717, 1.165) is 6.07 Å². The number of benzene rings is 1. The van der Waals surface area contributed by atoms with Crippen LogP contribution in [0.5, 0.6) is 5.75 Å². The Morgan fingerprint density at radius 2 is 2.08 bits per heavy atom. The molecule has 0 saturated carbocycles. The summed E-state index contributed by atoms with van der Waals surface area (Å²) in [5.74, 6) is -1.68. The van der Waals surface area contributed by atoms with Crippen LogP contribution in [0.15, 0.2) is 18.2 Å². The van der Waals surface area contributed by atoms with Crippen LogP contribution in [-0.2, 0) is 11.2 Å². The van der Waals surface area contributed by atoms with Crippen LogP contribution >= 0.6 is 0 Å². The minimum Gasteiger partial charge on any atom is -0.508 e. The van der Waals surface area contributed by atoms with E-state index < -0.39 is 11.8 Å². The second-order valence-electron chi connectivity index (χ2n) is 2.71. The summed E-state index contributed by atoms with van der Waals surface area (Å²) in [6.07, 6.45) is 0.156. The maximum atomic E-state index is 12.6. The molecule has 0 aliphatic heterocycles. The van der Waals surface area contributed by atoms with E-state index in [1.165, 1.54) is 12.1 Å². The number of rotatable bonds is 3. The number of aryl methyl sites for hydroxylation is 1. The van der Waals surface area contributed by atoms with Gasteiger partial charge >= 0.3 is 5.97 Å². The van der Waals surface area contributed by atoms with Crippen LogP contribution in [0.25, 0.3) is 0 Å². The molecule has 0 spiro atoms. The van der Waals surface area contributed by atoms with Crippen LogP contribution in [-0.4, -0.2) is 16.2 Å². The lowest BCUT2D eigenvalue weighted by molar-refractivity contribution is -0.136. The van der Waals surface area contributed by atoms with E-state index >= 15 is 0 Å². The fourth-order valence-corrected chi connectivity index (χ4v) is 1.03. The molecule has 0 aliphatic rings. The van der Waals surface area contributed by atoms with E-state index in [1.807, 2.05) is 0 Å². The van der Waals surface area contributed by atoms with E-state index in [2.05, 4.69) is 0 Å². The SMILES string of the molecule is O=C(O)CCc1cc(O)cc(F)c1. The van der Waals surface area contributed by atoms with Gasteiger partial charge in [-0.05, 0) is 24.1 Å². The Morgan fingerprint density at radius 1 is 1.38 bits per heavy atom. The first kappa shape index (κ1) is 9.51. The van der Waals surface area contributed by atoms with E-state index in [-0.39, 0.29) is 18.6 Å². The minimum atomic E-state index is -0.941. The molecular formula is C9H9FO3. The smallest absolute Gasteiger partial charge is 0.303 e. The van der Waals surface area contributed by atoms with Gasteiger partial charge in [0.05, 0.1) is 0 Å². The Kier molecular flexibility index (Phi) is 2.84. The summed E-state index contributed by atoms with van der Waals surface area (Å²) in [4.78, 5) is 10.2. The number of carboxylic acid groups (broad SMARTS) is 1. The maximum absolute atomic E-state index is 12.6. The lowest BCUT2D eigenvalue weighted by Gasteiger charge is -1.99. The van der Waals surface area contributed by atoms with Crippen molar-refractivity contribution in [3.05, 3.63) is 29.6 Å². The third kappa shape index (κ3) is 3.11. The number of carbonyl (C=O) groups is 1. The van der Waals surface area contributed by atoms with E-state index in [0.29, 0.717) is 5.56 Å². The van der Waals surface area contributed by atoms with Crippen molar-refractivity contribution in [1.82, 2.24) is 0 Å². The van der Waals surface area contributed by atoms with Gasteiger partial charge in [0, 0.05) is 12.5 Å². The first-order chi connectivity index (χ1) is 6.08. The molecule has 0 unspecified atom stereocenters. The third-order valence-corrected chi connectivity index (χ3v) is 1.57. The summed E-state index contributed by atoms with van der Waals surface area (Å²) in [7, 11) is 0. The zero-order valence-corrected chi connectivity index (χ0v) is 6.83. The molecule has 0 bridgehead atoms. The number of hydrogen-bond donors (Lipinski definition) is 2. The molecule has 2 N–H and O–H groups in total. The largest absolute Gasteiger partial charge is 0.508 e. The summed E-state index contributed by atoms with van der Waals surface area (Å²) in [6.45, 7) is 0. The summed E-state index contributed by atoms with van der Waals surface area (Å²) in [5, 5.41) is 17.3. The molecule has 4 heteroatoms. The molecule has 0 aliphatic carbocycles. The van der Waals surface area contributed by atoms with Gasteiger partial charge in [-0.2, -0.15) is 0 Å². The summed E-state index contributed by atoms with van der Waals surface area (Å²) >= 11 is 0. The second kappa shape index (κ2) is 3.89. The standard InChI is InChI=1S/C9H9FO3/c10-7-3-6(1-2-9(12)13)4-8(11)5-7/h3-5,11H,1-2H2,(H,12,13). The second-order valence-corrected chi connectivity index (χ2v) is 2.71. The number of carboxylic acids is 1.